The highest BCUT2D eigenvalue weighted by Gasteiger charge is 2.48. The van der Waals surface area contributed by atoms with Gasteiger partial charge in [0.25, 0.3) is 0 Å². The highest BCUT2D eigenvalue weighted by atomic mass is 15.2. The molecule has 4 aliphatic carbocycles. The Bertz CT molecular complexity index is 763. The Morgan fingerprint density at radius 3 is 2.37 bits per heavy atom. The van der Waals surface area contributed by atoms with Crippen LogP contribution in [0.2, 0.25) is 0 Å². The topological polar surface area (TPSA) is 15.3 Å². The number of allylic oxidation sites excluding steroid dienone is 2. The minimum absolute atomic E-state index is 0.700. The Balaban J connectivity index is 1.35. The van der Waals surface area contributed by atoms with Crippen LogP contribution in [0.25, 0.3) is 0 Å². The number of likely N-dealkylation sites (tertiary alicyclic amines) is 1. The van der Waals surface area contributed by atoms with Crippen LogP contribution in [0.1, 0.15) is 110 Å². The van der Waals surface area contributed by atoms with Gasteiger partial charge in [-0.05, 0) is 99.7 Å². The van der Waals surface area contributed by atoms with Gasteiger partial charge < -0.3 is 5.32 Å². The summed E-state index contributed by atoms with van der Waals surface area (Å²) >= 11 is 0. The van der Waals surface area contributed by atoms with Crippen molar-refractivity contribution in [3.05, 3.63) is 23.8 Å². The van der Waals surface area contributed by atoms with E-state index < -0.39 is 0 Å². The van der Waals surface area contributed by atoms with Crippen LogP contribution in [0.4, 0.5) is 0 Å². The van der Waals surface area contributed by atoms with Crippen molar-refractivity contribution in [2.45, 2.75) is 128 Å². The van der Waals surface area contributed by atoms with Gasteiger partial charge in [0.1, 0.15) is 0 Å². The third-order valence-corrected chi connectivity index (χ3v) is 12.0. The summed E-state index contributed by atoms with van der Waals surface area (Å²) in [5.41, 5.74) is 1.83. The van der Waals surface area contributed by atoms with E-state index in [1.165, 1.54) is 109 Å². The first kappa shape index (κ1) is 24.7. The molecule has 4 fully saturated rings. The van der Waals surface area contributed by atoms with Gasteiger partial charge in [-0.3, -0.25) is 4.90 Å². The number of rotatable bonds is 3. The maximum atomic E-state index is 3.77. The molecule has 9 unspecified atom stereocenters. The van der Waals surface area contributed by atoms with Crippen LogP contribution in [-0.2, 0) is 0 Å². The first-order chi connectivity index (χ1) is 17.2. The zero-order valence-electron chi connectivity index (χ0n) is 23.0. The summed E-state index contributed by atoms with van der Waals surface area (Å²) < 4.78 is 0. The van der Waals surface area contributed by atoms with E-state index in [0.717, 1.165) is 47.5 Å². The lowest BCUT2D eigenvalue weighted by molar-refractivity contribution is -0.0486. The first-order valence-electron chi connectivity index (χ1n) is 16.0. The van der Waals surface area contributed by atoms with Gasteiger partial charge in [0.05, 0.1) is 0 Å². The average Bonchev–Trinajstić information content (AvgIpc) is 3.35. The molecule has 0 amide bonds. The summed E-state index contributed by atoms with van der Waals surface area (Å²) in [4.78, 5) is 3.17. The van der Waals surface area contributed by atoms with Crippen molar-refractivity contribution < 1.29 is 0 Å². The molecule has 2 saturated carbocycles. The molecule has 0 spiro atoms. The fourth-order valence-electron chi connectivity index (χ4n) is 10.1. The van der Waals surface area contributed by atoms with Crippen molar-refractivity contribution in [1.29, 1.82) is 0 Å². The SMILES string of the molecule is CC1CC(C2=CCC3C(C)C4CCCCC4C(C4CCCCC4)CN(C4C=CCCC4)C3C2)CN1. The van der Waals surface area contributed by atoms with Crippen LogP contribution in [-0.4, -0.2) is 36.1 Å². The van der Waals surface area contributed by atoms with E-state index in [-0.39, 0.29) is 0 Å². The molecule has 0 aromatic rings. The molecule has 0 radical (unpaired) electrons. The normalized spacial score (nSPS) is 45.8. The monoisotopic (exact) mass is 478 g/mol. The molecule has 2 aliphatic heterocycles. The smallest absolute Gasteiger partial charge is 0.0281 e. The predicted molar refractivity (Wildman–Crippen MR) is 148 cm³/mol. The largest absolute Gasteiger partial charge is 0.314 e. The first-order valence-corrected chi connectivity index (χ1v) is 16.0. The summed E-state index contributed by atoms with van der Waals surface area (Å²) in [6, 6.07) is 2.18. The Hall–Kier alpha value is -0.600. The average molecular weight is 479 g/mol. The van der Waals surface area contributed by atoms with Crippen LogP contribution in [0.15, 0.2) is 23.8 Å². The Labute approximate surface area is 216 Å². The van der Waals surface area contributed by atoms with Crippen molar-refractivity contribution in [2.75, 3.05) is 13.1 Å². The van der Waals surface area contributed by atoms with E-state index >= 15 is 0 Å². The van der Waals surface area contributed by atoms with Gasteiger partial charge in [-0.2, -0.15) is 0 Å². The van der Waals surface area contributed by atoms with Crippen molar-refractivity contribution in [1.82, 2.24) is 10.2 Å². The molecule has 6 rings (SSSR count). The van der Waals surface area contributed by atoms with Crippen LogP contribution in [0, 0.1) is 41.4 Å². The van der Waals surface area contributed by atoms with Crippen molar-refractivity contribution in [2.24, 2.45) is 41.4 Å². The zero-order valence-corrected chi connectivity index (χ0v) is 23.0. The van der Waals surface area contributed by atoms with E-state index in [1.807, 2.05) is 5.57 Å². The summed E-state index contributed by atoms with van der Waals surface area (Å²) in [6.45, 7) is 7.75. The molecule has 2 saturated heterocycles. The van der Waals surface area contributed by atoms with Crippen LogP contribution in [0.3, 0.4) is 0 Å². The molecule has 1 N–H and O–H groups in total. The van der Waals surface area contributed by atoms with E-state index in [4.69, 9.17) is 0 Å². The van der Waals surface area contributed by atoms with Gasteiger partial charge in [-0.25, -0.2) is 0 Å². The molecular formula is C33H54N2. The maximum Gasteiger partial charge on any atom is 0.0281 e. The van der Waals surface area contributed by atoms with Gasteiger partial charge in [0.15, 0.2) is 0 Å². The number of hydrogen-bond donors (Lipinski definition) is 1. The van der Waals surface area contributed by atoms with Crippen LogP contribution < -0.4 is 5.32 Å². The van der Waals surface area contributed by atoms with Gasteiger partial charge in [-0.1, -0.05) is 75.7 Å². The second-order valence-electron chi connectivity index (χ2n) is 13.8. The maximum absolute atomic E-state index is 3.77. The second-order valence-corrected chi connectivity index (χ2v) is 13.8. The minimum atomic E-state index is 0.700. The summed E-state index contributed by atoms with van der Waals surface area (Å²) in [6.07, 6.45) is 29.8. The third-order valence-electron chi connectivity index (χ3n) is 12.0. The minimum Gasteiger partial charge on any atom is -0.314 e. The molecule has 0 aromatic heterocycles. The lowest BCUT2D eigenvalue weighted by Crippen LogP contribution is -2.57. The lowest BCUT2D eigenvalue weighted by Gasteiger charge is -2.55. The molecule has 2 heterocycles. The fraction of sp³-hybridized carbons (Fsp3) is 0.879. The summed E-state index contributed by atoms with van der Waals surface area (Å²) in [7, 11) is 0. The number of nitrogens with zero attached hydrogens (tertiary/aromatic N) is 1. The molecule has 196 valence electrons. The van der Waals surface area contributed by atoms with Gasteiger partial charge in [-0.15, -0.1) is 0 Å². The molecule has 0 bridgehead atoms. The molecular weight excluding hydrogens is 424 g/mol. The van der Waals surface area contributed by atoms with E-state index in [1.54, 1.807) is 0 Å². The van der Waals surface area contributed by atoms with Crippen molar-refractivity contribution in [3.63, 3.8) is 0 Å². The summed E-state index contributed by atoms with van der Waals surface area (Å²) in [5, 5.41) is 3.77. The predicted octanol–water partition coefficient (Wildman–Crippen LogP) is 7.75. The zero-order chi connectivity index (χ0) is 23.8. The molecule has 0 aromatic carbocycles. The highest BCUT2D eigenvalue weighted by molar-refractivity contribution is 5.19. The quantitative estimate of drug-likeness (QED) is 0.417. The third kappa shape index (κ3) is 5.09. The lowest BCUT2D eigenvalue weighted by atomic mass is 9.57. The van der Waals surface area contributed by atoms with E-state index in [2.05, 4.69) is 42.3 Å². The van der Waals surface area contributed by atoms with Crippen LogP contribution in [0.5, 0.6) is 0 Å². The Morgan fingerprint density at radius 2 is 1.63 bits per heavy atom. The number of nitrogens with one attached hydrogen (secondary N) is 1. The van der Waals surface area contributed by atoms with E-state index in [9.17, 15) is 0 Å². The molecule has 2 nitrogen and oxygen atoms in total. The Morgan fingerprint density at radius 1 is 0.829 bits per heavy atom. The number of fused-ring (bicyclic) bond motifs is 2. The van der Waals surface area contributed by atoms with Gasteiger partial charge in [0.2, 0.25) is 0 Å². The highest BCUT2D eigenvalue weighted by Crippen LogP contribution is 2.52. The molecule has 9 atom stereocenters. The fourth-order valence-corrected chi connectivity index (χ4v) is 10.1. The standard InChI is InChI=1S/C33H54N2/c1-23-19-27(21-34-23)26-17-18-30-24(2)29-15-9-10-16-31(29)32(25-11-5-3-6-12-25)22-35(33(30)20-26)28-13-7-4-8-14-28/h7,13,17,23-25,27-34H,3-6,8-12,14-16,18-22H2,1-2H3. The molecule has 6 aliphatic rings. The molecule has 35 heavy (non-hydrogen) atoms. The Kier molecular flexibility index (Phi) is 7.79. The van der Waals surface area contributed by atoms with Gasteiger partial charge >= 0.3 is 0 Å². The molecule has 2 heteroatoms. The summed E-state index contributed by atoms with van der Waals surface area (Å²) in [5.74, 6) is 6.53. The van der Waals surface area contributed by atoms with Crippen molar-refractivity contribution >= 4 is 0 Å². The number of hydrogen-bond acceptors (Lipinski definition) is 2. The van der Waals surface area contributed by atoms with Gasteiger partial charge in [0, 0.05) is 31.2 Å². The van der Waals surface area contributed by atoms with Crippen LogP contribution >= 0.6 is 0 Å². The second kappa shape index (κ2) is 11.0. The van der Waals surface area contributed by atoms with E-state index in [0.29, 0.717) is 12.1 Å². The van der Waals surface area contributed by atoms with Crippen molar-refractivity contribution in [3.8, 4) is 0 Å².